The number of nitrogens with one attached hydrogen (secondary N) is 1. The standard InChI is InChI=1S/C43H44N8O9S3/c1-43(2,46-42(52)53)26-62(54,55)36-22-21-33(34-7-6-8-35-38(34)45-41(44)61-35)37(40-47-49-51(48-40)25-29-13-19-32(60-5)20-14-29)39(36)63(56,57)50(23-27-9-15-30(58-3)16-10-27)24-28-11-17-31(59-4)18-12-28/h6-22,46H,23-26H2,1-5H3,(H2,44,45)(H,52,53). The van der Waals surface area contributed by atoms with Gasteiger partial charge in [0.15, 0.2) is 15.0 Å². The van der Waals surface area contributed by atoms with E-state index < -0.39 is 47.0 Å². The summed E-state index contributed by atoms with van der Waals surface area (Å²) in [5, 5.41) is 25.5. The number of nitrogen functional groups attached to an aromatic ring is 1. The smallest absolute Gasteiger partial charge is 0.405 e. The molecule has 0 atom stereocenters. The molecule has 0 unspecified atom stereocenters. The molecule has 4 N–H and O–H groups in total. The lowest BCUT2D eigenvalue weighted by atomic mass is 9.98. The molecule has 2 heterocycles. The molecule has 0 spiro atoms. The van der Waals surface area contributed by atoms with Crippen LogP contribution in [0.15, 0.2) is 113 Å². The van der Waals surface area contributed by atoms with Gasteiger partial charge in [-0.3, -0.25) is 0 Å². The normalized spacial score (nSPS) is 12.1. The minimum absolute atomic E-state index is 0.112. The molecule has 5 aromatic carbocycles. The number of carbonyl (C=O) groups is 1. The number of methoxy groups -OCH3 is 3. The lowest BCUT2D eigenvalue weighted by Crippen LogP contribution is -2.48. The molecule has 7 aromatic rings. The van der Waals surface area contributed by atoms with Crippen LogP contribution in [0.1, 0.15) is 30.5 Å². The Kier molecular flexibility index (Phi) is 12.7. The maximum Gasteiger partial charge on any atom is 0.405 e. The molecule has 1 amide bonds. The molecule has 0 saturated heterocycles. The molecule has 0 saturated carbocycles. The summed E-state index contributed by atoms with van der Waals surface area (Å²) < 4.78 is 79.6. The van der Waals surface area contributed by atoms with Crippen LogP contribution < -0.4 is 25.3 Å². The topological polar surface area (TPSA) is 231 Å². The SMILES string of the molecule is COc1ccc(CN(Cc2ccc(OC)cc2)S(=O)(=O)c2c(S(=O)(=O)CC(C)(C)NC(=O)O)ccc(-c3cccc4sc(N)nc34)c2-c2nnn(Cc3ccc(OC)cc3)n2)cc1. The number of thiazole rings is 1. The van der Waals surface area contributed by atoms with E-state index in [4.69, 9.17) is 25.0 Å². The summed E-state index contributed by atoms with van der Waals surface area (Å²) in [5.74, 6) is 0.706. The monoisotopic (exact) mass is 912 g/mol. The van der Waals surface area contributed by atoms with Crippen molar-refractivity contribution in [1.82, 2.24) is 34.8 Å². The number of fused-ring (bicyclic) bond motifs is 1. The number of hydrogen-bond donors (Lipinski definition) is 3. The van der Waals surface area contributed by atoms with E-state index in [1.165, 1.54) is 60.6 Å². The second kappa shape index (κ2) is 18.0. The predicted octanol–water partition coefficient (Wildman–Crippen LogP) is 6.48. The van der Waals surface area contributed by atoms with Crippen molar-refractivity contribution in [2.24, 2.45) is 0 Å². The van der Waals surface area contributed by atoms with E-state index in [0.29, 0.717) is 44.2 Å². The fourth-order valence-electron chi connectivity index (χ4n) is 7.10. The first-order valence-electron chi connectivity index (χ1n) is 19.2. The summed E-state index contributed by atoms with van der Waals surface area (Å²) >= 11 is 1.23. The summed E-state index contributed by atoms with van der Waals surface area (Å²) in [4.78, 5) is 16.4. The molecule has 0 aliphatic rings. The van der Waals surface area contributed by atoms with Gasteiger partial charge in [-0.05, 0) is 89.8 Å². The predicted molar refractivity (Wildman–Crippen MR) is 238 cm³/mol. The van der Waals surface area contributed by atoms with Gasteiger partial charge in [-0.15, -0.1) is 10.2 Å². The van der Waals surface area contributed by atoms with Gasteiger partial charge in [-0.1, -0.05) is 65.9 Å². The van der Waals surface area contributed by atoms with Crippen molar-refractivity contribution < 1.29 is 40.9 Å². The minimum atomic E-state index is -4.95. The number of sulfonamides is 1. The highest BCUT2D eigenvalue weighted by Crippen LogP contribution is 2.44. The van der Waals surface area contributed by atoms with E-state index in [-0.39, 0.29) is 41.7 Å². The quantitative estimate of drug-likeness (QED) is 0.0888. The Morgan fingerprint density at radius 1 is 0.794 bits per heavy atom. The molecule has 63 heavy (non-hydrogen) atoms. The first-order chi connectivity index (χ1) is 30.0. The molecule has 0 aliphatic heterocycles. The Morgan fingerprint density at radius 2 is 1.35 bits per heavy atom. The van der Waals surface area contributed by atoms with Gasteiger partial charge < -0.3 is 30.4 Å². The number of hydrogen-bond acceptors (Lipinski definition) is 14. The van der Waals surface area contributed by atoms with Gasteiger partial charge in [0.1, 0.15) is 22.1 Å². The molecular formula is C43H44N8O9S3. The van der Waals surface area contributed by atoms with Crippen LogP contribution in [0.2, 0.25) is 0 Å². The van der Waals surface area contributed by atoms with Crippen LogP contribution in [0.3, 0.4) is 0 Å². The van der Waals surface area contributed by atoms with Crippen LogP contribution in [-0.2, 0) is 39.5 Å². The summed E-state index contributed by atoms with van der Waals surface area (Å²) in [6, 6.07) is 28.8. The number of amides is 1. The highest BCUT2D eigenvalue weighted by molar-refractivity contribution is 7.93. The Bertz CT molecular complexity index is 2940. The number of nitrogens with two attached hydrogens (primary N) is 1. The van der Waals surface area contributed by atoms with Gasteiger partial charge in [-0.2, -0.15) is 9.10 Å². The maximum absolute atomic E-state index is 16.0. The average molecular weight is 913 g/mol. The van der Waals surface area contributed by atoms with Crippen molar-refractivity contribution in [3.05, 3.63) is 120 Å². The Balaban J connectivity index is 1.53. The third kappa shape index (κ3) is 9.88. The van der Waals surface area contributed by atoms with E-state index in [9.17, 15) is 18.3 Å². The number of tetrazole rings is 1. The van der Waals surface area contributed by atoms with Crippen LogP contribution in [0.4, 0.5) is 9.93 Å². The number of sulfone groups is 1. The van der Waals surface area contributed by atoms with E-state index >= 15 is 8.42 Å². The highest BCUT2D eigenvalue weighted by atomic mass is 32.2. The number of benzene rings is 5. The number of ether oxygens (including phenoxy) is 3. The third-order valence-corrected chi connectivity index (χ3v) is 14.9. The van der Waals surface area contributed by atoms with Crippen molar-refractivity contribution in [1.29, 1.82) is 0 Å². The zero-order valence-corrected chi connectivity index (χ0v) is 37.3. The van der Waals surface area contributed by atoms with Gasteiger partial charge in [0, 0.05) is 18.7 Å². The summed E-state index contributed by atoms with van der Waals surface area (Å²) in [7, 11) is -5.06. The molecule has 328 valence electrons. The van der Waals surface area contributed by atoms with E-state index in [2.05, 4.69) is 20.6 Å². The third-order valence-electron chi connectivity index (χ3n) is 9.97. The molecule has 17 nitrogen and oxygen atoms in total. The Morgan fingerprint density at radius 3 is 1.89 bits per heavy atom. The number of para-hydroxylation sites is 1. The first kappa shape index (κ1) is 44.4. The zero-order chi connectivity index (χ0) is 45.1. The Labute approximate surface area is 368 Å². The van der Waals surface area contributed by atoms with Gasteiger partial charge in [0.25, 0.3) is 0 Å². The molecule has 0 aliphatic carbocycles. The van der Waals surface area contributed by atoms with Gasteiger partial charge >= 0.3 is 6.09 Å². The van der Waals surface area contributed by atoms with Gasteiger partial charge in [0.2, 0.25) is 15.8 Å². The van der Waals surface area contributed by atoms with Crippen molar-refractivity contribution in [2.75, 3.05) is 32.8 Å². The van der Waals surface area contributed by atoms with Gasteiger partial charge in [-0.25, -0.2) is 26.6 Å². The fourth-order valence-corrected chi connectivity index (χ4v) is 12.1. The van der Waals surface area contributed by atoms with Crippen LogP contribution in [0.25, 0.3) is 32.7 Å². The van der Waals surface area contributed by atoms with Crippen molar-refractivity contribution in [3.8, 4) is 39.8 Å². The number of rotatable bonds is 17. The maximum atomic E-state index is 16.0. The first-order valence-corrected chi connectivity index (χ1v) is 23.1. The summed E-state index contributed by atoms with van der Waals surface area (Å²) in [6.45, 7) is 2.45. The zero-order valence-electron chi connectivity index (χ0n) is 34.8. The number of aromatic nitrogens is 5. The van der Waals surface area contributed by atoms with Crippen LogP contribution in [-0.4, -0.2) is 90.2 Å². The van der Waals surface area contributed by atoms with E-state index in [0.717, 1.165) is 5.56 Å². The highest BCUT2D eigenvalue weighted by Gasteiger charge is 2.40. The largest absolute Gasteiger partial charge is 0.497 e. The summed E-state index contributed by atoms with van der Waals surface area (Å²) in [6.07, 6.45) is -1.46. The minimum Gasteiger partial charge on any atom is -0.497 e. The molecule has 7 rings (SSSR count). The van der Waals surface area contributed by atoms with Crippen LogP contribution >= 0.6 is 11.3 Å². The molecule has 0 radical (unpaired) electrons. The Hall–Kier alpha value is -6.61. The lowest BCUT2D eigenvalue weighted by Gasteiger charge is -2.28. The molecule has 20 heteroatoms. The van der Waals surface area contributed by atoms with Crippen LogP contribution in [0.5, 0.6) is 17.2 Å². The lowest BCUT2D eigenvalue weighted by molar-refractivity contribution is 0.184. The molecule has 0 fully saturated rings. The number of carboxylic acid groups (broad SMARTS) is 1. The van der Waals surface area contributed by atoms with E-state index in [1.807, 2.05) is 18.2 Å². The van der Waals surface area contributed by atoms with Crippen molar-refractivity contribution in [3.63, 3.8) is 0 Å². The number of nitrogens with zero attached hydrogens (tertiary/aromatic N) is 6. The van der Waals surface area contributed by atoms with Crippen molar-refractivity contribution >= 4 is 52.6 Å². The van der Waals surface area contributed by atoms with Gasteiger partial charge in [0.05, 0.1) is 59.8 Å². The van der Waals surface area contributed by atoms with Crippen molar-refractivity contribution in [2.45, 2.75) is 48.8 Å². The average Bonchev–Trinajstić information content (AvgIpc) is 3.88. The molecular weight excluding hydrogens is 869 g/mol. The van der Waals surface area contributed by atoms with E-state index in [1.54, 1.807) is 79.9 Å². The molecule has 2 aromatic heterocycles. The van der Waals surface area contributed by atoms with Crippen LogP contribution in [0, 0.1) is 0 Å². The second-order valence-electron chi connectivity index (χ2n) is 15.1. The number of anilines is 1. The summed E-state index contributed by atoms with van der Waals surface area (Å²) in [5.41, 5.74) is 7.43. The fraction of sp³-hybridized carbons (Fsp3) is 0.233. The second-order valence-corrected chi connectivity index (χ2v) is 19.9. The molecule has 0 bridgehead atoms.